The highest BCUT2D eigenvalue weighted by Gasteiger charge is 2.29. The molecular formula is C38H37N2S2+. The number of allylic oxidation sites excluding steroid dienone is 6. The van der Waals surface area contributed by atoms with E-state index < -0.39 is 0 Å². The van der Waals surface area contributed by atoms with Crippen molar-refractivity contribution >= 4 is 66.6 Å². The zero-order chi connectivity index (χ0) is 28.8. The van der Waals surface area contributed by atoms with Crippen molar-refractivity contribution < 1.29 is 4.57 Å². The van der Waals surface area contributed by atoms with Gasteiger partial charge in [-0.3, -0.25) is 0 Å². The molecule has 1 aliphatic heterocycles. The first kappa shape index (κ1) is 27.2. The molecule has 4 aromatic carbocycles. The quantitative estimate of drug-likeness (QED) is 0.189. The van der Waals surface area contributed by atoms with E-state index in [1.165, 1.54) is 63.5 Å². The van der Waals surface area contributed by atoms with Crippen LogP contribution in [0.1, 0.15) is 45.5 Å². The molecule has 0 saturated heterocycles. The molecule has 0 unspecified atom stereocenters. The maximum absolute atomic E-state index is 2.50. The molecule has 2 aliphatic rings. The van der Waals surface area contributed by atoms with Crippen molar-refractivity contribution in [2.75, 3.05) is 11.4 Å². The van der Waals surface area contributed by atoms with Crippen molar-refractivity contribution in [3.63, 3.8) is 0 Å². The normalized spacial score (nSPS) is 18.7. The molecule has 2 nitrogen and oxygen atoms in total. The van der Waals surface area contributed by atoms with Crippen LogP contribution in [-0.2, 0) is 6.54 Å². The Labute approximate surface area is 257 Å². The van der Waals surface area contributed by atoms with E-state index in [1.54, 1.807) is 0 Å². The molecule has 5 aromatic rings. The fraction of sp³-hybridized carbons (Fsp3) is 0.237. The first-order chi connectivity index (χ1) is 20.4. The number of nitrogens with zero attached hydrogens (tertiary/aromatic N) is 2. The van der Waals surface area contributed by atoms with E-state index >= 15 is 0 Å². The van der Waals surface area contributed by atoms with Gasteiger partial charge in [0.1, 0.15) is 11.2 Å². The average molecular weight is 586 g/mol. The summed E-state index contributed by atoms with van der Waals surface area (Å²) in [5, 5.41) is 7.93. The molecule has 210 valence electrons. The molecule has 0 bridgehead atoms. The molecule has 0 fully saturated rings. The Hall–Kier alpha value is -3.60. The number of aryl methyl sites for hydroxylation is 1. The van der Waals surface area contributed by atoms with Gasteiger partial charge in [-0.1, -0.05) is 110 Å². The molecule has 1 aromatic heterocycles. The van der Waals surface area contributed by atoms with Crippen LogP contribution in [0.5, 0.6) is 0 Å². The lowest BCUT2D eigenvalue weighted by Crippen LogP contribution is -2.33. The topological polar surface area (TPSA) is 7.12 Å². The number of anilines is 1. The second-order valence-electron chi connectivity index (χ2n) is 12.1. The Morgan fingerprint density at radius 2 is 1.62 bits per heavy atom. The Bertz CT molecular complexity index is 1970. The largest absolute Gasteiger partial charge is 0.335 e. The SMILES string of the molecule is CCN1C(=CC2=CC(=CC=Cc3sc4ccc5ccccc5c4[n+]3CC)CC(C)(C)C2)Sc2ccc3ccccc3c21. The second-order valence-corrected chi connectivity index (χ2v) is 14.2. The van der Waals surface area contributed by atoms with Crippen molar-refractivity contribution in [1.82, 2.24) is 0 Å². The van der Waals surface area contributed by atoms with Crippen LogP contribution in [0.2, 0.25) is 0 Å². The standard InChI is InChI=1S/C38H37N2S2/c1-5-39-34(41-32-20-18-28-13-7-9-15-30(28)36(32)39)17-11-12-26-22-27(25-38(3,4)24-26)23-35-40(6-2)37-31-16-10-8-14-29(31)19-21-33(37)42-35/h7-23H,5-6,24-25H2,1-4H3/q+1. The van der Waals surface area contributed by atoms with Crippen LogP contribution in [0.15, 0.2) is 118 Å². The van der Waals surface area contributed by atoms with Gasteiger partial charge in [0.15, 0.2) is 0 Å². The highest BCUT2D eigenvalue weighted by atomic mass is 32.2. The second kappa shape index (κ2) is 10.9. The van der Waals surface area contributed by atoms with Gasteiger partial charge in [-0.15, -0.1) is 0 Å². The van der Waals surface area contributed by atoms with E-state index in [0.717, 1.165) is 25.9 Å². The van der Waals surface area contributed by atoms with E-state index in [0.29, 0.717) is 0 Å². The number of thiazole rings is 1. The Morgan fingerprint density at radius 3 is 2.40 bits per heavy atom. The Morgan fingerprint density at radius 1 is 0.881 bits per heavy atom. The predicted molar refractivity (Wildman–Crippen MR) is 184 cm³/mol. The van der Waals surface area contributed by atoms with Gasteiger partial charge in [0.25, 0.3) is 5.01 Å². The van der Waals surface area contributed by atoms with Crippen molar-refractivity contribution in [3.05, 3.63) is 118 Å². The Kier molecular flexibility index (Phi) is 7.08. The van der Waals surface area contributed by atoms with Gasteiger partial charge in [-0.25, -0.2) is 0 Å². The summed E-state index contributed by atoms with van der Waals surface area (Å²) in [4.78, 5) is 3.86. The molecule has 0 N–H and O–H groups in total. The minimum atomic E-state index is 0.223. The average Bonchev–Trinajstić information content (AvgIpc) is 3.53. The number of hydrogen-bond donors (Lipinski definition) is 0. The van der Waals surface area contributed by atoms with Crippen LogP contribution in [0.25, 0.3) is 37.8 Å². The molecule has 4 heteroatoms. The van der Waals surface area contributed by atoms with Crippen LogP contribution in [0.3, 0.4) is 0 Å². The van der Waals surface area contributed by atoms with Gasteiger partial charge in [-0.2, -0.15) is 4.57 Å². The summed E-state index contributed by atoms with van der Waals surface area (Å²) in [6.45, 7) is 11.2. The summed E-state index contributed by atoms with van der Waals surface area (Å²) >= 11 is 3.79. The lowest BCUT2D eigenvalue weighted by molar-refractivity contribution is -0.664. The Balaban J connectivity index is 1.22. The first-order valence-electron chi connectivity index (χ1n) is 15.0. The molecule has 1 aliphatic carbocycles. The van der Waals surface area contributed by atoms with Gasteiger partial charge >= 0.3 is 0 Å². The third kappa shape index (κ3) is 4.91. The maximum atomic E-state index is 2.50. The summed E-state index contributed by atoms with van der Waals surface area (Å²) in [6.07, 6.45) is 14.0. The van der Waals surface area contributed by atoms with Crippen LogP contribution in [0.4, 0.5) is 5.69 Å². The number of benzene rings is 4. The van der Waals surface area contributed by atoms with Gasteiger partial charge < -0.3 is 4.90 Å². The first-order valence-corrected chi connectivity index (χ1v) is 16.7. The molecule has 0 radical (unpaired) electrons. The smallest absolute Gasteiger partial charge is 0.262 e. The number of thioether (sulfide) groups is 1. The molecule has 0 amide bonds. The van der Waals surface area contributed by atoms with Crippen LogP contribution >= 0.6 is 23.1 Å². The van der Waals surface area contributed by atoms with Crippen LogP contribution < -0.4 is 9.47 Å². The zero-order valence-corrected chi connectivity index (χ0v) is 26.5. The van der Waals surface area contributed by atoms with Crippen molar-refractivity contribution in [2.24, 2.45) is 5.41 Å². The summed E-state index contributed by atoms with van der Waals surface area (Å²) in [5.41, 5.74) is 5.75. The monoisotopic (exact) mass is 585 g/mol. The molecule has 0 saturated carbocycles. The van der Waals surface area contributed by atoms with Crippen molar-refractivity contribution in [3.8, 4) is 0 Å². The summed E-state index contributed by atoms with van der Waals surface area (Å²) in [7, 11) is 0. The molecule has 0 spiro atoms. The third-order valence-corrected chi connectivity index (χ3v) is 10.7. The lowest BCUT2D eigenvalue weighted by atomic mass is 9.75. The fourth-order valence-electron chi connectivity index (χ4n) is 6.73. The minimum absolute atomic E-state index is 0.223. The van der Waals surface area contributed by atoms with E-state index in [1.807, 2.05) is 23.1 Å². The van der Waals surface area contributed by atoms with Gasteiger partial charge in [0.2, 0.25) is 5.52 Å². The van der Waals surface area contributed by atoms with Gasteiger partial charge in [0.05, 0.1) is 16.1 Å². The predicted octanol–water partition coefficient (Wildman–Crippen LogP) is 10.7. The third-order valence-electron chi connectivity index (χ3n) is 8.45. The van der Waals surface area contributed by atoms with E-state index in [-0.39, 0.29) is 5.41 Å². The molecular weight excluding hydrogens is 549 g/mol. The van der Waals surface area contributed by atoms with Crippen LogP contribution in [0, 0.1) is 5.41 Å². The van der Waals surface area contributed by atoms with E-state index in [2.05, 4.69) is 140 Å². The van der Waals surface area contributed by atoms with E-state index in [4.69, 9.17) is 0 Å². The van der Waals surface area contributed by atoms with Gasteiger partial charge in [0, 0.05) is 22.9 Å². The van der Waals surface area contributed by atoms with E-state index in [9.17, 15) is 0 Å². The fourth-order valence-corrected chi connectivity index (χ4v) is 9.10. The number of fused-ring (bicyclic) bond motifs is 6. The number of aromatic nitrogens is 1. The van der Waals surface area contributed by atoms with Crippen LogP contribution in [-0.4, -0.2) is 6.54 Å². The molecule has 42 heavy (non-hydrogen) atoms. The summed E-state index contributed by atoms with van der Waals surface area (Å²) in [5.74, 6) is 0. The molecule has 7 rings (SSSR count). The maximum Gasteiger partial charge on any atom is 0.262 e. The van der Waals surface area contributed by atoms with Crippen molar-refractivity contribution in [1.29, 1.82) is 0 Å². The zero-order valence-electron chi connectivity index (χ0n) is 24.9. The molecule has 2 heterocycles. The minimum Gasteiger partial charge on any atom is -0.335 e. The summed E-state index contributed by atoms with van der Waals surface area (Å²) in [6, 6.07) is 26.6. The lowest BCUT2D eigenvalue weighted by Gasteiger charge is -2.31. The number of rotatable bonds is 5. The highest BCUT2D eigenvalue weighted by molar-refractivity contribution is 8.03. The highest BCUT2D eigenvalue weighted by Crippen LogP contribution is 2.50. The summed E-state index contributed by atoms with van der Waals surface area (Å²) < 4.78 is 3.81. The van der Waals surface area contributed by atoms with Crippen molar-refractivity contribution in [2.45, 2.75) is 52.0 Å². The number of hydrogen-bond acceptors (Lipinski definition) is 3. The molecule has 0 atom stereocenters. The van der Waals surface area contributed by atoms with Gasteiger partial charge in [-0.05, 0) is 78.3 Å².